The predicted molar refractivity (Wildman–Crippen MR) is 85.7 cm³/mol. The number of nitrogens with zero attached hydrogens (tertiary/aromatic N) is 4. The van der Waals surface area contributed by atoms with E-state index in [0.29, 0.717) is 0 Å². The van der Waals surface area contributed by atoms with Gasteiger partial charge in [0.2, 0.25) is 0 Å². The van der Waals surface area contributed by atoms with E-state index in [-0.39, 0.29) is 11.0 Å². The van der Waals surface area contributed by atoms with Crippen molar-refractivity contribution in [3.8, 4) is 0 Å². The second kappa shape index (κ2) is 4.70. The molecule has 1 aliphatic heterocycles. The lowest BCUT2D eigenvalue weighted by Crippen LogP contribution is -2.67. The summed E-state index contributed by atoms with van der Waals surface area (Å²) in [7, 11) is 0. The lowest BCUT2D eigenvalue weighted by atomic mass is 9.86. The molecule has 2 aromatic rings. The zero-order valence-corrected chi connectivity index (χ0v) is 13.4. The molecule has 0 aromatic carbocycles. The van der Waals surface area contributed by atoms with Crippen LogP contribution in [0, 0.1) is 0 Å². The summed E-state index contributed by atoms with van der Waals surface area (Å²) >= 11 is 0. The Kier molecular flexibility index (Phi) is 3.20. The first-order chi connectivity index (χ1) is 9.82. The summed E-state index contributed by atoms with van der Waals surface area (Å²) in [6.45, 7) is 10.5. The highest BCUT2D eigenvalue weighted by molar-refractivity contribution is 5.71. The van der Waals surface area contributed by atoms with Crippen LogP contribution in [0.1, 0.15) is 46.2 Å². The molecule has 1 aliphatic rings. The van der Waals surface area contributed by atoms with E-state index in [2.05, 4.69) is 48.7 Å². The molecule has 5 heteroatoms. The molecule has 0 unspecified atom stereocenters. The zero-order valence-electron chi connectivity index (χ0n) is 13.4. The van der Waals surface area contributed by atoms with Crippen LogP contribution >= 0.6 is 0 Å². The fourth-order valence-electron chi connectivity index (χ4n) is 3.04. The van der Waals surface area contributed by atoms with Gasteiger partial charge in [-0.2, -0.15) is 5.10 Å². The molecule has 0 atom stereocenters. The molecule has 2 N–H and O–H groups in total. The lowest BCUT2D eigenvalue weighted by Gasteiger charge is -2.48. The Bertz CT molecular complexity index is 646. The first-order valence-corrected chi connectivity index (χ1v) is 7.71. The summed E-state index contributed by atoms with van der Waals surface area (Å²) in [6, 6.07) is 2.15. The van der Waals surface area contributed by atoms with Gasteiger partial charge in [0.15, 0.2) is 5.82 Å². The van der Waals surface area contributed by atoms with E-state index in [9.17, 15) is 0 Å². The van der Waals surface area contributed by atoms with Gasteiger partial charge in [0, 0.05) is 30.9 Å². The van der Waals surface area contributed by atoms with E-state index in [1.54, 1.807) is 0 Å². The maximum Gasteiger partial charge on any atom is 0.154 e. The smallest absolute Gasteiger partial charge is 0.154 e. The zero-order chi connectivity index (χ0) is 15.3. The quantitative estimate of drug-likeness (QED) is 0.941. The Morgan fingerprint density at radius 3 is 2.67 bits per heavy atom. The Morgan fingerprint density at radius 1 is 1.33 bits per heavy atom. The lowest BCUT2D eigenvalue weighted by molar-refractivity contribution is 0.306. The van der Waals surface area contributed by atoms with E-state index in [4.69, 9.17) is 5.73 Å². The van der Waals surface area contributed by atoms with E-state index in [1.807, 2.05) is 16.9 Å². The molecule has 0 spiro atoms. The van der Waals surface area contributed by atoms with Crippen LogP contribution in [0.15, 0.2) is 18.5 Å². The van der Waals surface area contributed by atoms with Gasteiger partial charge in [0.25, 0.3) is 0 Å². The standard InChI is InChI=1S/C16H25N5/c1-5-6-16(17)10-20(11-16)14-12-9-13(15(2,3)4)19-21(12)8-7-18-14/h7-9H,5-6,10-11,17H2,1-4H3. The molecule has 114 valence electrons. The number of rotatable bonds is 3. The molecule has 0 bridgehead atoms. The van der Waals surface area contributed by atoms with E-state index in [0.717, 1.165) is 43.0 Å². The summed E-state index contributed by atoms with van der Waals surface area (Å²) in [4.78, 5) is 6.82. The van der Waals surface area contributed by atoms with Gasteiger partial charge in [-0.25, -0.2) is 9.50 Å². The van der Waals surface area contributed by atoms with Crippen molar-refractivity contribution >= 4 is 11.3 Å². The monoisotopic (exact) mass is 287 g/mol. The summed E-state index contributed by atoms with van der Waals surface area (Å²) in [5.41, 5.74) is 8.52. The average Bonchev–Trinajstić information content (AvgIpc) is 2.79. The molecule has 1 fully saturated rings. The number of nitrogens with two attached hydrogens (primary N) is 1. The summed E-state index contributed by atoms with van der Waals surface area (Å²) in [6.07, 6.45) is 5.93. The first-order valence-electron chi connectivity index (χ1n) is 7.71. The van der Waals surface area contributed by atoms with E-state index >= 15 is 0 Å². The third-order valence-corrected chi connectivity index (χ3v) is 4.20. The van der Waals surface area contributed by atoms with Crippen LogP contribution in [0.25, 0.3) is 5.52 Å². The Hall–Kier alpha value is -1.62. The molecular formula is C16H25N5. The minimum Gasteiger partial charge on any atom is -0.351 e. The van der Waals surface area contributed by atoms with Gasteiger partial charge in [0.05, 0.1) is 11.2 Å². The highest BCUT2D eigenvalue weighted by Gasteiger charge is 2.40. The van der Waals surface area contributed by atoms with Gasteiger partial charge in [-0.05, 0) is 12.5 Å². The largest absolute Gasteiger partial charge is 0.351 e. The number of hydrogen-bond acceptors (Lipinski definition) is 4. The van der Waals surface area contributed by atoms with Crippen molar-refractivity contribution in [2.75, 3.05) is 18.0 Å². The molecule has 21 heavy (non-hydrogen) atoms. The van der Waals surface area contributed by atoms with Gasteiger partial charge >= 0.3 is 0 Å². The topological polar surface area (TPSA) is 59.5 Å². The van der Waals surface area contributed by atoms with Crippen LogP contribution in [-0.4, -0.2) is 33.2 Å². The van der Waals surface area contributed by atoms with Gasteiger partial charge in [-0.3, -0.25) is 0 Å². The second-order valence-electron chi connectivity index (χ2n) is 7.33. The van der Waals surface area contributed by atoms with Gasteiger partial charge in [-0.15, -0.1) is 0 Å². The van der Waals surface area contributed by atoms with Crippen molar-refractivity contribution in [3.63, 3.8) is 0 Å². The first kappa shape index (κ1) is 14.3. The van der Waals surface area contributed by atoms with Crippen LogP contribution < -0.4 is 10.6 Å². The molecule has 0 radical (unpaired) electrons. The molecule has 0 saturated carbocycles. The van der Waals surface area contributed by atoms with Crippen molar-refractivity contribution in [1.82, 2.24) is 14.6 Å². The van der Waals surface area contributed by atoms with Crippen molar-refractivity contribution in [1.29, 1.82) is 0 Å². The van der Waals surface area contributed by atoms with Crippen LogP contribution in [0.5, 0.6) is 0 Å². The molecule has 0 amide bonds. The highest BCUT2D eigenvalue weighted by Crippen LogP contribution is 2.32. The summed E-state index contributed by atoms with van der Waals surface area (Å²) in [5, 5.41) is 4.68. The Balaban J connectivity index is 1.92. The van der Waals surface area contributed by atoms with Crippen LogP contribution in [-0.2, 0) is 5.41 Å². The van der Waals surface area contributed by atoms with Crippen molar-refractivity contribution in [2.45, 2.75) is 51.5 Å². The van der Waals surface area contributed by atoms with Crippen molar-refractivity contribution in [2.24, 2.45) is 5.73 Å². The number of anilines is 1. The third kappa shape index (κ3) is 2.50. The molecule has 2 aromatic heterocycles. The van der Waals surface area contributed by atoms with Crippen LogP contribution in [0.2, 0.25) is 0 Å². The molecule has 0 aliphatic carbocycles. The molecule has 3 rings (SSSR count). The summed E-state index contributed by atoms with van der Waals surface area (Å²) in [5.74, 6) is 0.998. The number of hydrogen-bond donors (Lipinski definition) is 1. The third-order valence-electron chi connectivity index (χ3n) is 4.20. The second-order valence-corrected chi connectivity index (χ2v) is 7.33. The molecule has 5 nitrogen and oxygen atoms in total. The number of fused-ring (bicyclic) bond motifs is 1. The fraction of sp³-hybridized carbons (Fsp3) is 0.625. The molecule has 1 saturated heterocycles. The van der Waals surface area contributed by atoms with Gasteiger partial charge < -0.3 is 10.6 Å². The Labute approximate surface area is 126 Å². The van der Waals surface area contributed by atoms with E-state index in [1.165, 1.54) is 0 Å². The minimum absolute atomic E-state index is 0.0398. The summed E-state index contributed by atoms with van der Waals surface area (Å²) < 4.78 is 1.93. The van der Waals surface area contributed by atoms with Crippen LogP contribution in [0.3, 0.4) is 0 Å². The SMILES string of the molecule is CCCC1(N)CN(c2nccn3nc(C(C)(C)C)cc23)C1. The van der Waals surface area contributed by atoms with Gasteiger partial charge in [-0.1, -0.05) is 34.1 Å². The maximum absolute atomic E-state index is 6.37. The van der Waals surface area contributed by atoms with Gasteiger partial charge in [0.1, 0.15) is 5.52 Å². The van der Waals surface area contributed by atoms with Crippen molar-refractivity contribution < 1.29 is 0 Å². The van der Waals surface area contributed by atoms with Crippen LogP contribution in [0.4, 0.5) is 5.82 Å². The molecule has 3 heterocycles. The fourth-order valence-corrected chi connectivity index (χ4v) is 3.04. The maximum atomic E-state index is 6.37. The minimum atomic E-state index is -0.0455. The van der Waals surface area contributed by atoms with Crippen molar-refractivity contribution in [3.05, 3.63) is 24.2 Å². The highest BCUT2D eigenvalue weighted by atomic mass is 15.3. The Morgan fingerprint density at radius 2 is 2.05 bits per heavy atom. The normalized spacial score (nSPS) is 18.0. The predicted octanol–water partition coefficient (Wildman–Crippen LogP) is 2.34. The average molecular weight is 287 g/mol. The van der Waals surface area contributed by atoms with E-state index < -0.39 is 0 Å². The number of aromatic nitrogens is 3. The molecular weight excluding hydrogens is 262 g/mol.